The van der Waals surface area contributed by atoms with Gasteiger partial charge in [0, 0.05) is 11.4 Å². The molecule has 2 rings (SSSR count). The fourth-order valence-electron chi connectivity index (χ4n) is 2.40. The van der Waals surface area contributed by atoms with Gasteiger partial charge in [-0.1, -0.05) is 0 Å². The Labute approximate surface area is 126 Å². The summed E-state index contributed by atoms with van der Waals surface area (Å²) in [6.45, 7) is 0.427. The number of aliphatic carboxylic acids is 1. The first-order chi connectivity index (χ1) is 9.56. The Hall–Kier alpha value is -1.05. The largest absolute Gasteiger partial charge is 0.479 e. The lowest BCUT2D eigenvalue weighted by molar-refractivity contribution is -0.151. The summed E-state index contributed by atoms with van der Waals surface area (Å²) in [7, 11) is 0. The summed E-state index contributed by atoms with van der Waals surface area (Å²) >= 11 is 3.17. The number of amides is 1. The number of thioether (sulfide) groups is 1. The average molecular weight is 314 g/mol. The number of carbonyl (C=O) groups excluding carboxylic acids is 1. The Kier molecular flexibility index (Phi) is 5.06. The van der Waals surface area contributed by atoms with E-state index in [1.165, 1.54) is 4.90 Å². The molecule has 0 fully saturated rings. The number of rotatable bonds is 5. The minimum absolute atomic E-state index is 0.261. The topological polar surface area (TPSA) is 83.6 Å². The summed E-state index contributed by atoms with van der Waals surface area (Å²) in [5.41, 5.74) is 6.63. The van der Waals surface area contributed by atoms with Gasteiger partial charge in [-0.2, -0.15) is 11.8 Å². The van der Waals surface area contributed by atoms with Crippen LogP contribution in [0, 0.1) is 0 Å². The van der Waals surface area contributed by atoms with Gasteiger partial charge >= 0.3 is 5.97 Å². The van der Waals surface area contributed by atoms with Crippen LogP contribution in [0.4, 0.5) is 0 Å². The minimum atomic E-state index is -0.991. The van der Waals surface area contributed by atoms with E-state index in [1.54, 1.807) is 29.2 Å². The molecule has 2 heterocycles. The molecular weight excluding hydrogens is 296 g/mol. The first-order valence-electron chi connectivity index (χ1n) is 6.40. The van der Waals surface area contributed by atoms with Crippen LogP contribution >= 0.6 is 23.1 Å². The number of fused-ring (bicyclic) bond motifs is 1. The normalized spacial score (nSPS) is 19.5. The summed E-state index contributed by atoms with van der Waals surface area (Å²) in [5.74, 6) is -0.458. The van der Waals surface area contributed by atoms with E-state index in [1.807, 2.05) is 11.6 Å². The molecule has 1 aliphatic heterocycles. The average Bonchev–Trinajstić information content (AvgIpc) is 2.90. The molecule has 0 saturated carbocycles. The van der Waals surface area contributed by atoms with Crippen molar-refractivity contribution >= 4 is 35.0 Å². The van der Waals surface area contributed by atoms with Crippen molar-refractivity contribution in [1.29, 1.82) is 0 Å². The van der Waals surface area contributed by atoms with Crippen molar-refractivity contribution < 1.29 is 14.7 Å². The number of hydrogen-bond acceptors (Lipinski definition) is 5. The Morgan fingerprint density at radius 1 is 1.65 bits per heavy atom. The van der Waals surface area contributed by atoms with Crippen LogP contribution in [-0.4, -0.2) is 46.5 Å². The molecule has 1 aliphatic rings. The lowest BCUT2D eigenvalue weighted by atomic mass is 9.99. The quantitative estimate of drug-likeness (QED) is 0.857. The molecule has 1 unspecified atom stereocenters. The van der Waals surface area contributed by atoms with Crippen LogP contribution in [0.3, 0.4) is 0 Å². The van der Waals surface area contributed by atoms with E-state index < -0.39 is 18.1 Å². The number of hydrogen-bond donors (Lipinski definition) is 2. The predicted molar refractivity (Wildman–Crippen MR) is 81.1 cm³/mol. The highest BCUT2D eigenvalue weighted by Gasteiger charge is 2.37. The van der Waals surface area contributed by atoms with Gasteiger partial charge in [0.25, 0.3) is 0 Å². The van der Waals surface area contributed by atoms with Crippen LogP contribution in [0.1, 0.15) is 22.9 Å². The summed E-state index contributed by atoms with van der Waals surface area (Å²) in [5, 5.41) is 11.3. The van der Waals surface area contributed by atoms with Gasteiger partial charge < -0.3 is 15.7 Å². The van der Waals surface area contributed by atoms with E-state index in [4.69, 9.17) is 5.73 Å². The molecule has 0 aromatic carbocycles. The van der Waals surface area contributed by atoms with E-state index in [-0.39, 0.29) is 5.91 Å². The molecule has 0 spiro atoms. The number of carboxylic acids is 1. The summed E-state index contributed by atoms with van der Waals surface area (Å²) < 4.78 is 0. The molecule has 1 aromatic heterocycles. The third kappa shape index (κ3) is 2.99. The standard InChI is InChI=1S/C13H18N2O3S2/c1-19-6-4-9(14)12(16)15-5-2-10-8(3-7-20-10)11(15)13(17)18/h3,7,9,11H,2,4-6,14H2,1H3,(H,17,18)/t9-,11?/m0/s1. The number of nitrogens with zero attached hydrogens (tertiary/aromatic N) is 1. The van der Waals surface area contributed by atoms with E-state index >= 15 is 0 Å². The van der Waals surface area contributed by atoms with Gasteiger partial charge in [0.15, 0.2) is 6.04 Å². The lowest BCUT2D eigenvalue weighted by Gasteiger charge is -2.34. The van der Waals surface area contributed by atoms with E-state index in [0.29, 0.717) is 19.4 Å². The molecule has 0 saturated heterocycles. The first kappa shape index (κ1) is 15.3. The summed E-state index contributed by atoms with van der Waals surface area (Å²) in [6.07, 6.45) is 3.23. The number of nitrogens with two attached hydrogens (primary N) is 1. The highest BCUT2D eigenvalue weighted by atomic mass is 32.2. The van der Waals surface area contributed by atoms with Gasteiger partial charge in [-0.05, 0) is 41.9 Å². The van der Waals surface area contributed by atoms with Crippen molar-refractivity contribution in [2.75, 3.05) is 18.6 Å². The van der Waals surface area contributed by atoms with Gasteiger partial charge in [0.1, 0.15) is 0 Å². The second-order valence-electron chi connectivity index (χ2n) is 4.71. The molecule has 0 radical (unpaired) electrons. The fraction of sp³-hybridized carbons (Fsp3) is 0.538. The monoisotopic (exact) mass is 314 g/mol. The van der Waals surface area contributed by atoms with Crippen molar-refractivity contribution in [2.24, 2.45) is 5.73 Å². The molecule has 20 heavy (non-hydrogen) atoms. The zero-order chi connectivity index (χ0) is 14.7. The fourth-order valence-corrected chi connectivity index (χ4v) is 3.79. The van der Waals surface area contributed by atoms with Crippen molar-refractivity contribution in [3.8, 4) is 0 Å². The number of carboxylic acid groups (broad SMARTS) is 1. The van der Waals surface area contributed by atoms with Crippen molar-refractivity contribution in [1.82, 2.24) is 4.90 Å². The van der Waals surface area contributed by atoms with E-state index in [0.717, 1.165) is 16.2 Å². The second-order valence-corrected chi connectivity index (χ2v) is 6.70. The summed E-state index contributed by atoms with van der Waals surface area (Å²) in [6, 6.07) is 0.286. The molecular formula is C13H18N2O3S2. The van der Waals surface area contributed by atoms with E-state index in [9.17, 15) is 14.7 Å². The molecule has 0 bridgehead atoms. The van der Waals surface area contributed by atoms with Crippen LogP contribution in [0.5, 0.6) is 0 Å². The van der Waals surface area contributed by atoms with Crippen molar-refractivity contribution in [2.45, 2.75) is 24.9 Å². The Balaban J connectivity index is 2.19. The molecule has 1 amide bonds. The maximum Gasteiger partial charge on any atom is 0.331 e. The maximum atomic E-state index is 12.4. The molecule has 0 aliphatic carbocycles. The van der Waals surface area contributed by atoms with Gasteiger partial charge in [0.2, 0.25) is 5.91 Å². The molecule has 3 N–H and O–H groups in total. The predicted octanol–water partition coefficient (Wildman–Crippen LogP) is 1.34. The molecule has 2 atom stereocenters. The van der Waals surface area contributed by atoms with Gasteiger partial charge in [0.05, 0.1) is 6.04 Å². The van der Waals surface area contributed by atoms with Crippen LogP contribution < -0.4 is 5.73 Å². The Bertz CT molecular complexity index is 504. The highest BCUT2D eigenvalue weighted by Crippen LogP contribution is 2.33. The maximum absolute atomic E-state index is 12.4. The number of thiophene rings is 1. The first-order valence-corrected chi connectivity index (χ1v) is 8.67. The SMILES string of the molecule is CSCC[C@H](N)C(=O)N1CCc2sccc2C1C(=O)O. The van der Waals surface area contributed by atoms with Gasteiger partial charge in [-0.3, -0.25) is 4.79 Å². The van der Waals surface area contributed by atoms with Crippen LogP contribution in [0.2, 0.25) is 0 Å². The van der Waals surface area contributed by atoms with Crippen molar-refractivity contribution in [3.05, 3.63) is 21.9 Å². The third-order valence-corrected chi connectivity index (χ3v) is 5.07. The van der Waals surface area contributed by atoms with Gasteiger partial charge in [-0.25, -0.2) is 4.79 Å². The summed E-state index contributed by atoms with van der Waals surface area (Å²) in [4.78, 5) is 26.4. The zero-order valence-electron chi connectivity index (χ0n) is 11.2. The van der Waals surface area contributed by atoms with Crippen LogP contribution in [0.25, 0.3) is 0 Å². The highest BCUT2D eigenvalue weighted by molar-refractivity contribution is 7.98. The molecule has 110 valence electrons. The Morgan fingerprint density at radius 3 is 3.05 bits per heavy atom. The van der Waals surface area contributed by atoms with Crippen LogP contribution in [0.15, 0.2) is 11.4 Å². The van der Waals surface area contributed by atoms with E-state index in [2.05, 4.69) is 0 Å². The van der Waals surface area contributed by atoms with Crippen molar-refractivity contribution in [3.63, 3.8) is 0 Å². The van der Waals surface area contributed by atoms with Crippen LogP contribution in [-0.2, 0) is 16.0 Å². The zero-order valence-corrected chi connectivity index (χ0v) is 12.9. The molecule has 5 nitrogen and oxygen atoms in total. The number of carbonyl (C=O) groups is 2. The molecule has 7 heteroatoms. The van der Waals surface area contributed by atoms with Gasteiger partial charge in [-0.15, -0.1) is 11.3 Å². The Morgan fingerprint density at radius 2 is 2.40 bits per heavy atom. The molecule has 1 aromatic rings. The lowest BCUT2D eigenvalue weighted by Crippen LogP contribution is -2.50. The smallest absolute Gasteiger partial charge is 0.331 e. The minimum Gasteiger partial charge on any atom is -0.479 e. The second kappa shape index (κ2) is 6.60. The third-order valence-electron chi connectivity index (χ3n) is 3.43.